The van der Waals surface area contributed by atoms with Crippen molar-refractivity contribution < 1.29 is 9.53 Å². The maximum Gasteiger partial charge on any atom is 0.270 e. The lowest BCUT2D eigenvalue weighted by Gasteiger charge is -2.04. The van der Waals surface area contributed by atoms with Gasteiger partial charge in [0.25, 0.3) is 5.91 Å². The summed E-state index contributed by atoms with van der Waals surface area (Å²) in [5.41, 5.74) is 2.59. The lowest BCUT2D eigenvalue weighted by molar-refractivity contribution is 0.0940. The molecule has 2 aromatic rings. The molecular weight excluding hydrogens is 298 g/mol. The molecule has 118 valence electrons. The van der Waals surface area contributed by atoms with E-state index < -0.39 is 0 Å². The topological polar surface area (TPSA) is 63.2 Å². The number of amides is 1. The highest BCUT2D eigenvalue weighted by atomic mass is 32.1. The summed E-state index contributed by atoms with van der Waals surface area (Å²) < 4.78 is 5.23. The average molecular weight is 319 g/mol. The molecule has 0 atom stereocenters. The maximum atomic E-state index is 12.0. The molecule has 1 aromatic carbocycles. The van der Waals surface area contributed by atoms with Crippen LogP contribution in [0.4, 0.5) is 10.8 Å². The molecular formula is C16H21N3O2S. The molecule has 5 nitrogen and oxygen atoms in total. The fourth-order valence-electron chi connectivity index (χ4n) is 1.89. The van der Waals surface area contributed by atoms with Crippen molar-refractivity contribution in [3.8, 4) is 0 Å². The fourth-order valence-corrected chi connectivity index (χ4v) is 2.60. The first-order chi connectivity index (χ1) is 10.7. The lowest BCUT2D eigenvalue weighted by Crippen LogP contribution is -2.25. The number of aromatic nitrogens is 1. The van der Waals surface area contributed by atoms with Crippen LogP contribution in [0.25, 0.3) is 0 Å². The molecule has 0 radical (unpaired) electrons. The number of nitrogens with zero attached hydrogens (tertiary/aromatic N) is 1. The summed E-state index contributed by atoms with van der Waals surface area (Å²) in [6.45, 7) is 5.95. The lowest BCUT2D eigenvalue weighted by atomic mass is 10.2. The number of aryl methyl sites for hydroxylation is 1. The first-order valence-electron chi connectivity index (χ1n) is 7.34. The Morgan fingerprint density at radius 2 is 2.27 bits per heavy atom. The number of carbonyl (C=O) groups excluding carboxylic acids is 1. The van der Waals surface area contributed by atoms with Crippen LogP contribution >= 0.6 is 11.3 Å². The minimum absolute atomic E-state index is 0.148. The van der Waals surface area contributed by atoms with Crippen molar-refractivity contribution in [2.75, 3.05) is 25.1 Å². The third kappa shape index (κ3) is 5.13. The van der Waals surface area contributed by atoms with Crippen LogP contribution < -0.4 is 10.6 Å². The number of thiazole rings is 1. The third-order valence-corrected chi connectivity index (χ3v) is 3.72. The maximum absolute atomic E-state index is 12.0. The number of ether oxygens (including phenoxy) is 1. The fraction of sp³-hybridized carbons (Fsp3) is 0.375. The van der Waals surface area contributed by atoms with E-state index in [1.165, 1.54) is 16.9 Å². The molecule has 0 unspecified atom stereocenters. The van der Waals surface area contributed by atoms with Crippen molar-refractivity contribution in [3.05, 3.63) is 40.9 Å². The van der Waals surface area contributed by atoms with E-state index in [0.29, 0.717) is 30.6 Å². The first-order valence-corrected chi connectivity index (χ1v) is 8.22. The van der Waals surface area contributed by atoms with Crippen molar-refractivity contribution in [2.24, 2.45) is 0 Å². The molecule has 2 N–H and O–H groups in total. The molecule has 0 aliphatic carbocycles. The number of anilines is 2. The Hall–Kier alpha value is -1.92. The van der Waals surface area contributed by atoms with E-state index in [9.17, 15) is 4.79 Å². The highest BCUT2D eigenvalue weighted by molar-refractivity contribution is 7.14. The molecule has 0 bridgehead atoms. The van der Waals surface area contributed by atoms with E-state index >= 15 is 0 Å². The second-order valence-electron chi connectivity index (χ2n) is 4.84. The van der Waals surface area contributed by atoms with E-state index in [1.807, 2.05) is 38.1 Å². The molecule has 0 saturated carbocycles. The van der Waals surface area contributed by atoms with E-state index in [2.05, 4.69) is 15.6 Å². The van der Waals surface area contributed by atoms with Crippen molar-refractivity contribution in [1.29, 1.82) is 0 Å². The number of hydrogen-bond donors (Lipinski definition) is 2. The van der Waals surface area contributed by atoms with Crippen LogP contribution in [-0.4, -0.2) is 30.6 Å². The zero-order chi connectivity index (χ0) is 15.8. The SMILES string of the molecule is CCOCCCNC(=O)c1csc(Nc2cccc(C)c2)n1. The molecule has 6 heteroatoms. The molecule has 0 aliphatic heterocycles. The molecule has 0 fully saturated rings. The van der Waals surface area contributed by atoms with Crippen LogP contribution in [0.5, 0.6) is 0 Å². The van der Waals surface area contributed by atoms with Crippen LogP contribution in [0.15, 0.2) is 29.6 Å². The average Bonchev–Trinajstić information content (AvgIpc) is 2.95. The number of hydrogen-bond acceptors (Lipinski definition) is 5. The second-order valence-corrected chi connectivity index (χ2v) is 5.70. The van der Waals surface area contributed by atoms with Gasteiger partial charge in [-0.25, -0.2) is 4.98 Å². The predicted molar refractivity (Wildman–Crippen MR) is 90.0 cm³/mol. The van der Waals surface area contributed by atoms with Gasteiger partial charge in [0.05, 0.1) is 0 Å². The smallest absolute Gasteiger partial charge is 0.270 e. The number of rotatable bonds is 8. The van der Waals surface area contributed by atoms with Crippen molar-refractivity contribution in [2.45, 2.75) is 20.3 Å². The third-order valence-electron chi connectivity index (χ3n) is 2.96. The highest BCUT2D eigenvalue weighted by Gasteiger charge is 2.10. The van der Waals surface area contributed by atoms with Crippen LogP contribution in [0, 0.1) is 6.92 Å². The molecule has 0 spiro atoms. The minimum atomic E-state index is -0.148. The predicted octanol–water partition coefficient (Wildman–Crippen LogP) is 3.35. The summed E-state index contributed by atoms with van der Waals surface area (Å²) >= 11 is 1.42. The van der Waals surface area contributed by atoms with Crippen LogP contribution in [0.1, 0.15) is 29.4 Å². The summed E-state index contributed by atoms with van der Waals surface area (Å²) in [5, 5.41) is 8.53. The van der Waals surface area contributed by atoms with Crippen molar-refractivity contribution >= 4 is 28.1 Å². The molecule has 0 aliphatic rings. The van der Waals surface area contributed by atoms with Gasteiger partial charge in [0, 0.05) is 30.8 Å². The molecule has 0 saturated heterocycles. The van der Waals surface area contributed by atoms with Crippen molar-refractivity contribution in [1.82, 2.24) is 10.3 Å². The summed E-state index contributed by atoms with van der Waals surface area (Å²) in [6.07, 6.45) is 0.804. The Kier molecular flexibility index (Phi) is 6.36. The molecule has 1 aromatic heterocycles. The van der Waals surface area contributed by atoms with Gasteiger partial charge in [-0.2, -0.15) is 0 Å². The molecule has 22 heavy (non-hydrogen) atoms. The van der Waals surface area contributed by atoms with Crippen LogP contribution in [0.3, 0.4) is 0 Å². The molecule has 2 rings (SSSR count). The monoisotopic (exact) mass is 319 g/mol. The van der Waals surface area contributed by atoms with Gasteiger partial charge in [0.2, 0.25) is 0 Å². The second kappa shape index (κ2) is 8.51. The Bertz CT molecular complexity index is 613. The van der Waals surface area contributed by atoms with Gasteiger partial charge in [-0.15, -0.1) is 11.3 Å². The summed E-state index contributed by atoms with van der Waals surface area (Å²) in [7, 11) is 0. The van der Waals surface area contributed by atoms with Gasteiger partial charge in [-0.3, -0.25) is 4.79 Å². The van der Waals surface area contributed by atoms with Gasteiger partial charge in [-0.05, 0) is 38.0 Å². The van der Waals surface area contributed by atoms with Gasteiger partial charge >= 0.3 is 0 Å². The number of benzene rings is 1. The summed E-state index contributed by atoms with van der Waals surface area (Å²) in [5.74, 6) is -0.148. The first kappa shape index (κ1) is 16.5. The van der Waals surface area contributed by atoms with Gasteiger partial charge in [0.1, 0.15) is 5.69 Å². The minimum Gasteiger partial charge on any atom is -0.382 e. The standard InChI is InChI=1S/C16H21N3O2S/c1-3-21-9-5-8-17-15(20)14-11-22-16(19-14)18-13-7-4-6-12(2)10-13/h4,6-7,10-11H,3,5,8-9H2,1-2H3,(H,17,20)(H,18,19). The zero-order valence-electron chi connectivity index (χ0n) is 12.9. The van der Waals surface area contributed by atoms with Crippen LogP contribution in [-0.2, 0) is 4.74 Å². The van der Waals surface area contributed by atoms with E-state index in [0.717, 1.165) is 12.1 Å². The van der Waals surface area contributed by atoms with E-state index in [4.69, 9.17) is 4.74 Å². The van der Waals surface area contributed by atoms with E-state index in [1.54, 1.807) is 5.38 Å². The van der Waals surface area contributed by atoms with Gasteiger partial charge in [-0.1, -0.05) is 12.1 Å². The Morgan fingerprint density at radius 1 is 1.41 bits per heavy atom. The Morgan fingerprint density at radius 3 is 3.05 bits per heavy atom. The zero-order valence-corrected chi connectivity index (χ0v) is 13.7. The summed E-state index contributed by atoms with van der Waals surface area (Å²) in [4.78, 5) is 16.3. The number of carbonyl (C=O) groups is 1. The Balaban J connectivity index is 1.84. The summed E-state index contributed by atoms with van der Waals surface area (Å²) in [6, 6.07) is 8.03. The Labute approximate surface area is 134 Å². The van der Waals surface area contributed by atoms with Gasteiger partial charge in [0.15, 0.2) is 5.13 Å². The normalized spacial score (nSPS) is 10.5. The largest absolute Gasteiger partial charge is 0.382 e. The van der Waals surface area contributed by atoms with E-state index in [-0.39, 0.29) is 5.91 Å². The quantitative estimate of drug-likeness (QED) is 0.732. The van der Waals surface area contributed by atoms with Crippen molar-refractivity contribution in [3.63, 3.8) is 0 Å². The highest BCUT2D eigenvalue weighted by Crippen LogP contribution is 2.21. The molecule has 1 heterocycles. The van der Waals surface area contributed by atoms with Gasteiger partial charge < -0.3 is 15.4 Å². The van der Waals surface area contributed by atoms with Crippen LogP contribution in [0.2, 0.25) is 0 Å². The number of nitrogens with one attached hydrogen (secondary N) is 2. The molecule has 1 amide bonds.